The maximum Gasteiger partial charge on any atom is 0.354 e. The van der Waals surface area contributed by atoms with Crippen molar-refractivity contribution in [3.8, 4) is 17.3 Å². The average molecular weight is 262 g/mol. The van der Waals surface area contributed by atoms with Crippen LogP contribution in [0.4, 0.5) is 0 Å². The number of thiazole rings is 1. The smallest absolute Gasteiger partial charge is 0.354 e. The van der Waals surface area contributed by atoms with Crippen molar-refractivity contribution in [2.45, 2.75) is 0 Å². The molecule has 0 aliphatic carbocycles. The van der Waals surface area contributed by atoms with Crippen LogP contribution < -0.4 is 0 Å². The summed E-state index contributed by atoms with van der Waals surface area (Å²) in [6, 6.07) is 1.00. The van der Waals surface area contributed by atoms with Crippen LogP contribution in [0.25, 0.3) is 16.2 Å². The first-order valence-corrected chi connectivity index (χ1v) is 5.75. The van der Waals surface area contributed by atoms with Crippen molar-refractivity contribution in [1.29, 1.82) is 0 Å². The molecule has 3 aromatic heterocycles. The van der Waals surface area contributed by atoms with Gasteiger partial charge in [0.15, 0.2) is 11.5 Å². The van der Waals surface area contributed by atoms with Gasteiger partial charge in [-0.05, 0) is 0 Å². The van der Waals surface area contributed by atoms with Crippen LogP contribution in [0.15, 0.2) is 23.8 Å². The molecule has 0 saturated carbocycles. The number of aromatic hydroxyl groups is 1. The second kappa shape index (κ2) is 3.77. The Kier molecular flexibility index (Phi) is 2.23. The lowest BCUT2D eigenvalue weighted by Gasteiger charge is -1.99. The van der Waals surface area contributed by atoms with Crippen LogP contribution in [-0.4, -0.2) is 35.8 Å². The summed E-state index contributed by atoms with van der Waals surface area (Å²) in [5.41, 5.74) is 0.330. The summed E-state index contributed by atoms with van der Waals surface area (Å²) >= 11 is 1.43. The Morgan fingerprint density at radius 2 is 2.22 bits per heavy atom. The summed E-state index contributed by atoms with van der Waals surface area (Å²) in [6.45, 7) is 0. The van der Waals surface area contributed by atoms with Gasteiger partial charge in [0.05, 0.1) is 11.8 Å². The highest BCUT2D eigenvalue weighted by atomic mass is 32.1. The molecule has 0 amide bonds. The van der Waals surface area contributed by atoms with Crippen LogP contribution in [0.1, 0.15) is 10.5 Å². The maximum atomic E-state index is 10.9. The molecule has 0 aliphatic rings. The van der Waals surface area contributed by atoms with E-state index in [9.17, 15) is 9.90 Å². The Morgan fingerprint density at radius 3 is 3.00 bits per heavy atom. The van der Waals surface area contributed by atoms with E-state index in [-0.39, 0.29) is 17.4 Å². The highest BCUT2D eigenvalue weighted by Gasteiger charge is 2.15. The standard InChI is InChI=1S/C10H6N4O3S/c15-7-3-6(10(16)17)12-8(13-7)5-4-11-14-1-2-18-9(5)14/h1-4H,(H,16,17)(H,12,13,15). The summed E-state index contributed by atoms with van der Waals surface area (Å²) in [6.07, 6.45) is 3.30. The minimum atomic E-state index is -1.22. The van der Waals surface area contributed by atoms with Crippen molar-refractivity contribution < 1.29 is 15.0 Å². The second-order valence-corrected chi connectivity index (χ2v) is 4.35. The molecule has 0 aromatic carbocycles. The lowest BCUT2D eigenvalue weighted by atomic mass is 10.3. The molecule has 0 atom stereocenters. The van der Waals surface area contributed by atoms with Crippen LogP contribution in [0.3, 0.4) is 0 Å². The molecule has 0 aliphatic heterocycles. The Morgan fingerprint density at radius 1 is 1.39 bits per heavy atom. The molecular weight excluding hydrogens is 256 g/mol. The summed E-state index contributed by atoms with van der Waals surface area (Å²) < 4.78 is 1.63. The van der Waals surface area contributed by atoms with Gasteiger partial charge < -0.3 is 10.2 Å². The van der Waals surface area contributed by atoms with Crippen molar-refractivity contribution >= 4 is 22.1 Å². The van der Waals surface area contributed by atoms with E-state index in [1.807, 2.05) is 5.38 Å². The van der Waals surface area contributed by atoms with Gasteiger partial charge >= 0.3 is 5.97 Å². The third-order valence-electron chi connectivity index (χ3n) is 2.30. The number of fused-ring (bicyclic) bond motifs is 1. The van der Waals surface area contributed by atoms with E-state index in [1.165, 1.54) is 17.5 Å². The molecule has 3 aromatic rings. The largest absolute Gasteiger partial charge is 0.493 e. The highest BCUT2D eigenvalue weighted by molar-refractivity contribution is 7.16. The monoisotopic (exact) mass is 262 g/mol. The number of carbonyl (C=O) groups is 1. The zero-order valence-corrected chi connectivity index (χ0v) is 9.63. The van der Waals surface area contributed by atoms with Gasteiger partial charge in [-0.3, -0.25) is 0 Å². The molecule has 0 bridgehead atoms. The molecule has 0 spiro atoms. The second-order valence-electron chi connectivity index (χ2n) is 3.45. The number of rotatable bonds is 2. The number of aromatic nitrogens is 4. The predicted molar refractivity (Wildman–Crippen MR) is 62.7 cm³/mol. The number of hydrogen-bond donors (Lipinski definition) is 2. The molecule has 0 fully saturated rings. The summed E-state index contributed by atoms with van der Waals surface area (Å²) in [7, 11) is 0. The molecule has 3 rings (SSSR count). The van der Waals surface area contributed by atoms with E-state index < -0.39 is 5.97 Å². The molecule has 0 unspecified atom stereocenters. The van der Waals surface area contributed by atoms with Gasteiger partial charge in [0.25, 0.3) is 0 Å². The molecule has 18 heavy (non-hydrogen) atoms. The quantitative estimate of drug-likeness (QED) is 0.721. The number of hydrogen-bond acceptors (Lipinski definition) is 6. The summed E-state index contributed by atoms with van der Waals surface area (Å²) in [5.74, 6) is -1.46. The predicted octanol–water partition coefficient (Wildman–Crippen LogP) is 1.26. The van der Waals surface area contributed by atoms with Crippen molar-refractivity contribution in [3.05, 3.63) is 29.5 Å². The lowest BCUT2D eigenvalue weighted by Crippen LogP contribution is -2.02. The van der Waals surface area contributed by atoms with Crippen LogP contribution in [0.5, 0.6) is 5.88 Å². The first-order valence-electron chi connectivity index (χ1n) is 4.87. The van der Waals surface area contributed by atoms with Crippen molar-refractivity contribution in [1.82, 2.24) is 19.6 Å². The number of carboxylic acid groups (broad SMARTS) is 1. The van der Waals surface area contributed by atoms with Crippen LogP contribution in [-0.2, 0) is 0 Å². The van der Waals surface area contributed by atoms with E-state index in [0.29, 0.717) is 5.56 Å². The molecular formula is C10H6N4O3S. The molecule has 8 heteroatoms. The van der Waals surface area contributed by atoms with E-state index in [1.54, 1.807) is 10.7 Å². The van der Waals surface area contributed by atoms with Crippen LogP contribution in [0, 0.1) is 0 Å². The van der Waals surface area contributed by atoms with Crippen LogP contribution >= 0.6 is 11.3 Å². The highest BCUT2D eigenvalue weighted by Crippen LogP contribution is 2.26. The van der Waals surface area contributed by atoms with Gasteiger partial charge in [0.1, 0.15) is 4.83 Å². The molecule has 2 N–H and O–H groups in total. The molecule has 3 heterocycles. The van der Waals surface area contributed by atoms with Gasteiger partial charge in [0.2, 0.25) is 5.88 Å². The van der Waals surface area contributed by atoms with Crippen molar-refractivity contribution in [2.24, 2.45) is 0 Å². The third-order valence-corrected chi connectivity index (χ3v) is 3.19. The van der Waals surface area contributed by atoms with Crippen molar-refractivity contribution in [2.75, 3.05) is 0 Å². The maximum absolute atomic E-state index is 10.9. The Labute approximate surface area is 104 Å². The van der Waals surface area contributed by atoms with Gasteiger partial charge in [0, 0.05) is 17.6 Å². The first kappa shape index (κ1) is 10.7. The SMILES string of the molecule is O=C(O)c1cc(O)nc(-c2cnn3ccsc23)n1. The van der Waals surface area contributed by atoms with Gasteiger partial charge in [-0.15, -0.1) is 11.3 Å². The van der Waals surface area contributed by atoms with E-state index in [2.05, 4.69) is 15.1 Å². The average Bonchev–Trinajstić information content (AvgIpc) is 2.89. The normalized spacial score (nSPS) is 10.9. The molecule has 7 nitrogen and oxygen atoms in total. The Balaban J connectivity index is 2.23. The van der Waals surface area contributed by atoms with Crippen LogP contribution in [0.2, 0.25) is 0 Å². The number of aromatic carboxylic acids is 1. The van der Waals surface area contributed by atoms with Gasteiger partial charge in [-0.25, -0.2) is 14.3 Å². The zero-order valence-electron chi connectivity index (χ0n) is 8.81. The minimum absolute atomic E-state index is 0.143. The Hall–Kier alpha value is -2.48. The fourth-order valence-electron chi connectivity index (χ4n) is 1.55. The first-order chi connectivity index (χ1) is 8.65. The summed E-state index contributed by atoms with van der Waals surface area (Å²) in [4.78, 5) is 19.4. The zero-order chi connectivity index (χ0) is 12.7. The number of carboxylic acids is 1. The fraction of sp³-hybridized carbons (Fsp3) is 0. The van der Waals surface area contributed by atoms with E-state index in [0.717, 1.165) is 10.9 Å². The molecule has 0 radical (unpaired) electrons. The Bertz CT molecular complexity index is 749. The molecule has 0 saturated heterocycles. The van der Waals surface area contributed by atoms with Crippen molar-refractivity contribution in [3.63, 3.8) is 0 Å². The van der Waals surface area contributed by atoms with E-state index in [4.69, 9.17) is 5.11 Å². The van der Waals surface area contributed by atoms with Gasteiger partial charge in [-0.1, -0.05) is 0 Å². The lowest BCUT2D eigenvalue weighted by molar-refractivity contribution is 0.0689. The molecule has 90 valence electrons. The summed E-state index contributed by atoms with van der Waals surface area (Å²) in [5, 5.41) is 24.2. The minimum Gasteiger partial charge on any atom is -0.493 e. The van der Waals surface area contributed by atoms with Gasteiger partial charge in [-0.2, -0.15) is 10.1 Å². The topological polar surface area (TPSA) is 101 Å². The fourth-order valence-corrected chi connectivity index (χ4v) is 2.34. The van der Waals surface area contributed by atoms with E-state index >= 15 is 0 Å². The number of nitrogens with zero attached hydrogens (tertiary/aromatic N) is 4. The third kappa shape index (κ3) is 1.59.